The van der Waals surface area contributed by atoms with Crippen LogP contribution in [0.4, 0.5) is 5.69 Å². The first kappa shape index (κ1) is 20.4. The molecular formula is C21H32ClN3O2. The summed E-state index contributed by atoms with van der Waals surface area (Å²) < 4.78 is 0. The maximum absolute atomic E-state index is 12.7. The van der Waals surface area contributed by atoms with Gasteiger partial charge in [-0.05, 0) is 68.8 Å². The fourth-order valence-electron chi connectivity index (χ4n) is 5.02. The van der Waals surface area contributed by atoms with Gasteiger partial charge >= 0.3 is 0 Å². The van der Waals surface area contributed by atoms with Crippen LogP contribution in [-0.4, -0.2) is 59.1 Å². The van der Waals surface area contributed by atoms with Crippen LogP contribution in [-0.2, 0) is 17.6 Å². The molecule has 3 aliphatic rings. The number of benzene rings is 1. The molecule has 1 aromatic rings. The third kappa shape index (κ3) is 4.25. The summed E-state index contributed by atoms with van der Waals surface area (Å²) >= 11 is 0. The molecule has 2 aliphatic heterocycles. The van der Waals surface area contributed by atoms with E-state index in [1.165, 1.54) is 12.0 Å². The van der Waals surface area contributed by atoms with Crippen molar-refractivity contribution in [2.24, 2.45) is 5.92 Å². The molecule has 5 nitrogen and oxygen atoms in total. The predicted octanol–water partition coefficient (Wildman–Crippen LogP) is 2.24. The molecule has 1 aromatic carbocycles. The number of anilines is 1. The smallest absolute Gasteiger partial charge is 0.225 e. The molecule has 3 N–H and O–H groups in total. The number of nitrogens with zero attached hydrogens (tertiary/aromatic N) is 2. The van der Waals surface area contributed by atoms with E-state index >= 15 is 0 Å². The van der Waals surface area contributed by atoms with Gasteiger partial charge in [-0.25, -0.2) is 0 Å². The van der Waals surface area contributed by atoms with Crippen molar-refractivity contribution in [3.8, 4) is 0 Å². The minimum absolute atomic E-state index is 0. The molecule has 0 radical (unpaired) electrons. The maximum atomic E-state index is 12.7. The van der Waals surface area contributed by atoms with E-state index in [2.05, 4.69) is 15.9 Å². The SMILES string of the molecule is Cl.Nc1cccc2c1C[C@@H](O)[C@H](N1CCC(C(=O)N3CCCCC3)CC1)C2. The Bertz CT molecular complexity index is 655. The van der Waals surface area contributed by atoms with Gasteiger partial charge in [0.25, 0.3) is 0 Å². The van der Waals surface area contributed by atoms with E-state index in [1.807, 2.05) is 12.1 Å². The van der Waals surface area contributed by atoms with Crippen molar-refractivity contribution >= 4 is 24.0 Å². The van der Waals surface area contributed by atoms with Crippen molar-refractivity contribution in [2.75, 3.05) is 31.9 Å². The Balaban J connectivity index is 0.00000210. The fourth-order valence-corrected chi connectivity index (χ4v) is 5.02. The first-order valence-corrected chi connectivity index (χ1v) is 10.2. The molecule has 150 valence electrons. The van der Waals surface area contributed by atoms with Crippen molar-refractivity contribution < 1.29 is 9.90 Å². The number of hydrogen-bond acceptors (Lipinski definition) is 4. The van der Waals surface area contributed by atoms with Crippen molar-refractivity contribution in [1.82, 2.24) is 9.80 Å². The number of halogens is 1. The highest BCUT2D eigenvalue weighted by molar-refractivity contribution is 5.85. The molecule has 4 rings (SSSR count). The number of aliphatic hydroxyl groups is 1. The van der Waals surface area contributed by atoms with E-state index in [4.69, 9.17) is 5.73 Å². The molecule has 2 fully saturated rings. The molecule has 0 saturated carbocycles. The predicted molar refractivity (Wildman–Crippen MR) is 110 cm³/mol. The number of carbonyl (C=O) groups excluding carboxylic acids is 1. The van der Waals surface area contributed by atoms with Gasteiger partial charge in [0.05, 0.1) is 6.10 Å². The minimum atomic E-state index is -0.374. The number of amides is 1. The van der Waals surface area contributed by atoms with Gasteiger partial charge in [0.15, 0.2) is 0 Å². The summed E-state index contributed by atoms with van der Waals surface area (Å²) in [5.41, 5.74) is 9.27. The Morgan fingerprint density at radius 2 is 1.74 bits per heavy atom. The second-order valence-electron chi connectivity index (χ2n) is 8.22. The highest BCUT2D eigenvalue weighted by Gasteiger charge is 2.36. The Hall–Kier alpha value is -1.30. The van der Waals surface area contributed by atoms with E-state index in [1.54, 1.807) is 0 Å². The lowest BCUT2D eigenvalue weighted by molar-refractivity contribution is -0.138. The first-order chi connectivity index (χ1) is 12.6. The monoisotopic (exact) mass is 393 g/mol. The summed E-state index contributed by atoms with van der Waals surface area (Å²) in [6.45, 7) is 3.70. The Labute approximate surface area is 168 Å². The number of piperidine rings is 2. The largest absolute Gasteiger partial charge is 0.398 e. The molecular weight excluding hydrogens is 362 g/mol. The van der Waals surface area contributed by atoms with Crippen LogP contribution in [0.3, 0.4) is 0 Å². The third-order valence-electron chi connectivity index (χ3n) is 6.61. The van der Waals surface area contributed by atoms with E-state index in [0.29, 0.717) is 12.3 Å². The molecule has 27 heavy (non-hydrogen) atoms. The number of nitrogen functional groups attached to an aromatic ring is 1. The van der Waals surface area contributed by atoms with Crippen LogP contribution in [0.1, 0.15) is 43.2 Å². The van der Waals surface area contributed by atoms with Crippen LogP contribution >= 0.6 is 12.4 Å². The van der Waals surface area contributed by atoms with Gasteiger partial charge in [-0.3, -0.25) is 9.69 Å². The summed E-state index contributed by atoms with van der Waals surface area (Å²) in [6.07, 6.45) is 6.52. The van der Waals surface area contributed by atoms with Gasteiger partial charge in [-0.15, -0.1) is 12.4 Å². The van der Waals surface area contributed by atoms with E-state index in [0.717, 1.165) is 69.5 Å². The zero-order valence-corrected chi connectivity index (χ0v) is 16.8. The van der Waals surface area contributed by atoms with Crippen LogP contribution in [0.5, 0.6) is 0 Å². The molecule has 0 aromatic heterocycles. The van der Waals surface area contributed by atoms with Crippen LogP contribution in [0.15, 0.2) is 18.2 Å². The molecule has 1 aliphatic carbocycles. The summed E-state index contributed by atoms with van der Waals surface area (Å²) in [5.74, 6) is 0.541. The average molecular weight is 394 g/mol. The number of fused-ring (bicyclic) bond motifs is 1. The lowest BCUT2D eigenvalue weighted by Crippen LogP contribution is -2.52. The van der Waals surface area contributed by atoms with E-state index in [-0.39, 0.29) is 30.5 Å². The first-order valence-electron chi connectivity index (χ1n) is 10.2. The van der Waals surface area contributed by atoms with Crippen LogP contribution in [0, 0.1) is 5.92 Å². The molecule has 1 amide bonds. The second-order valence-corrected chi connectivity index (χ2v) is 8.22. The number of carbonyl (C=O) groups is 1. The van der Waals surface area contributed by atoms with E-state index < -0.39 is 0 Å². The van der Waals surface area contributed by atoms with Gasteiger partial charge in [-0.1, -0.05) is 12.1 Å². The Kier molecular flexibility index (Phi) is 6.66. The number of nitrogens with two attached hydrogens (primary N) is 1. The van der Waals surface area contributed by atoms with E-state index in [9.17, 15) is 9.90 Å². The topological polar surface area (TPSA) is 69.8 Å². The zero-order valence-electron chi connectivity index (χ0n) is 16.0. The zero-order chi connectivity index (χ0) is 18.1. The third-order valence-corrected chi connectivity index (χ3v) is 6.61. The number of rotatable bonds is 2. The second kappa shape index (κ2) is 8.80. The average Bonchev–Trinajstić information content (AvgIpc) is 2.69. The number of hydrogen-bond donors (Lipinski definition) is 2. The molecule has 0 unspecified atom stereocenters. The van der Waals surface area contributed by atoms with Crippen LogP contribution in [0.2, 0.25) is 0 Å². The number of aliphatic hydroxyl groups excluding tert-OH is 1. The van der Waals surface area contributed by atoms with Gasteiger partial charge in [0.2, 0.25) is 5.91 Å². The van der Waals surface area contributed by atoms with Crippen molar-refractivity contribution in [3.05, 3.63) is 29.3 Å². The maximum Gasteiger partial charge on any atom is 0.225 e. The Morgan fingerprint density at radius 1 is 1.04 bits per heavy atom. The highest BCUT2D eigenvalue weighted by Crippen LogP contribution is 2.31. The highest BCUT2D eigenvalue weighted by atomic mass is 35.5. The Morgan fingerprint density at radius 3 is 2.44 bits per heavy atom. The quantitative estimate of drug-likeness (QED) is 0.756. The van der Waals surface area contributed by atoms with Gasteiger partial charge < -0.3 is 15.7 Å². The summed E-state index contributed by atoms with van der Waals surface area (Å²) in [6, 6.07) is 6.21. The molecule has 2 heterocycles. The van der Waals surface area contributed by atoms with Crippen LogP contribution < -0.4 is 5.73 Å². The summed E-state index contributed by atoms with van der Waals surface area (Å²) in [5, 5.41) is 10.7. The summed E-state index contributed by atoms with van der Waals surface area (Å²) in [7, 11) is 0. The molecule has 0 bridgehead atoms. The molecule has 2 atom stereocenters. The lowest BCUT2D eigenvalue weighted by Gasteiger charge is -2.42. The summed E-state index contributed by atoms with van der Waals surface area (Å²) in [4.78, 5) is 17.2. The van der Waals surface area contributed by atoms with Crippen LogP contribution in [0.25, 0.3) is 0 Å². The van der Waals surface area contributed by atoms with Gasteiger partial charge in [-0.2, -0.15) is 0 Å². The standard InChI is InChI=1S/C21H31N3O2.ClH/c22-18-6-4-5-16-13-19(20(25)14-17(16)18)23-11-7-15(8-12-23)21(26)24-9-2-1-3-10-24;/h4-6,15,19-20,25H,1-3,7-14,22H2;1H/t19-,20-;/m1./s1. The van der Waals surface area contributed by atoms with Crippen molar-refractivity contribution in [3.63, 3.8) is 0 Å². The van der Waals surface area contributed by atoms with Crippen molar-refractivity contribution in [1.29, 1.82) is 0 Å². The fraction of sp³-hybridized carbons (Fsp3) is 0.667. The van der Waals surface area contributed by atoms with Gasteiger partial charge in [0, 0.05) is 37.2 Å². The normalized spacial score (nSPS) is 26.9. The van der Waals surface area contributed by atoms with Gasteiger partial charge in [0.1, 0.15) is 0 Å². The molecule has 6 heteroatoms. The minimum Gasteiger partial charge on any atom is -0.398 e. The number of likely N-dealkylation sites (tertiary alicyclic amines) is 2. The molecule has 0 spiro atoms. The lowest BCUT2D eigenvalue weighted by atomic mass is 9.83. The molecule has 2 saturated heterocycles. The van der Waals surface area contributed by atoms with Crippen molar-refractivity contribution in [2.45, 2.75) is 57.1 Å².